The Balaban J connectivity index is 2.44. The highest BCUT2D eigenvalue weighted by molar-refractivity contribution is 5.87. The van der Waals surface area contributed by atoms with Crippen LogP contribution in [0, 0.1) is 0 Å². The van der Waals surface area contributed by atoms with E-state index in [9.17, 15) is 0 Å². The zero-order chi connectivity index (χ0) is 13.2. The molecule has 3 nitrogen and oxygen atoms in total. The Morgan fingerprint density at radius 3 is 2.61 bits per heavy atom. The summed E-state index contributed by atoms with van der Waals surface area (Å²) in [7, 11) is 0. The standard InChI is InChI=1S/C15H19NO2/c1-5-17-12-6-7-13-11(10-12)8-9-16-14(13)18-15(2,3)4/h6-10H,5H2,1-4H3. The third-order valence-electron chi connectivity index (χ3n) is 2.41. The number of fused-ring (bicyclic) bond motifs is 1. The van der Waals surface area contributed by atoms with E-state index in [1.54, 1.807) is 6.20 Å². The molecule has 0 atom stereocenters. The number of ether oxygens (including phenoxy) is 2. The predicted octanol–water partition coefficient (Wildman–Crippen LogP) is 3.81. The van der Waals surface area contributed by atoms with Crippen LogP contribution in [0.15, 0.2) is 30.5 Å². The Morgan fingerprint density at radius 1 is 1.17 bits per heavy atom. The van der Waals surface area contributed by atoms with Crippen LogP contribution < -0.4 is 9.47 Å². The fraction of sp³-hybridized carbons (Fsp3) is 0.400. The summed E-state index contributed by atoms with van der Waals surface area (Å²) in [5.41, 5.74) is -0.250. The Bertz CT molecular complexity index is 544. The quantitative estimate of drug-likeness (QED) is 0.824. The van der Waals surface area contributed by atoms with Crippen LogP contribution in [0.3, 0.4) is 0 Å². The minimum atomic E-state index is -0.250. The van der Waals surface area contributed by atoms with Crippen molar-refractivity contribution in [1.82, 2.24) is 4.98 Å². The third-order valence-corrected chi connectivity index (χ3v) is 2.41. The highest BCUT2D eigenvalue weighted by Crippen LogP contribution is 2.28. The van der Waals surface area contributed by atoms with Crippen molar-refractivity contribution >= 4 is 10.8 Å². The molecule has 0 aliphatic rings. The second kappa shape index (κ2) is 4.84. The number of hydrogen-bond donors (Lipinski definition) is 0. The summed E-state index contributed by atoms with van der Waals surface area (Å²) in [4.78, 5) is 4.30. The molecular formula is C15H19NO2. The first-order valence-electron chi connectivity index (χ1n) is 6.20. The van der Waals surface area contributed by atoms with Crippen molar-refractivity contribution in [2.75, 3.05) is 6.61 Å². The lowest BCUT2D eigenvalue weighted by molar-refractivity contribution is 0.126. The van der Waals surface area contributed by atoms with Gasteiger partial charge in [0.15, 0.2) is 0 Å². The van der Waals surface area contributed by atoms with E-state index in [2.05, 4.69) is 4.98 Å². The van der Waals surface area contributed by atoms with Crippen molar-refractivity contribution in [1.29, 1.82) is 0 Å². The van der Waals surface area contributed by atoms with Crippen LogP contribution in [0.4, 0.5) is 0 Å². The van der Waals surface area contributed by atoms with E-state index >= 15 is 0 Å². The van der Waals surface area contributed by atoms with Gasteiger partial charge in [-0.05, 0) is 57.3 Å². The van der Waals surface area contributed by atoms with Gasteiger partial charge in [0.2, 0.25) is 5.88 Å². The maximum atomic E-state index is 5.86. The summed E-state index contributed by atoms with van der Waals surface area (Å²) in [5, 5.41) is 2.09. The molecule has 96 valence electrons. The molecule has 3 heteroatoms. The second-order valence-corrected chi connectivity index (χ2v) is 5.15. The molecule has 0 bridgehead atoms. The minimum absolute atomic E-state index is 0.250. The van der Waals surface area contributed by atoms with Crippen molar-refractivity contribution in [3.8, 4) is 11.6 Å². The number of hydrogen-bond acceptors (Lipinski definition) is 3. The van der Waals surface area contributed by atoms with Gasteiger partial charge >= 0.3 is 0 Å². The summed E-state index contributed by atoms with van der Waals surface area (Å²) < 4.78 is 11.4. The molecule has 0 spiro atoms. The average Bonchev–Trinajstić information content (AvgIpc) is 2.27. The van der Waals surface area contributed by atoms with Gasteiger partial charge in [-0.15, -0.1) is 0 Å². The molecular weight excluding hydrogens is 226 g/mol. The normalized spacial score (nSPS) is 11.6. The molecule has 0 aliphatic carbocycles. The molecule has 1 aromatic carbocycles. The van der Waals surface area contributed by atoms with E-state index in [1.165, 1.54) is 0 Å². The maximum Gasteiger partial charge on any atom is 0.221 e. The SMILES string of the molecule is CCOc1ccc2c(OC(C)(C)C)nccc2c1. The molecule has 2 aromatic rings. The highest BCUT2D eigenvalue weighted by atomic mass is 16.5. The largest absolute Gasteiger partial charge is 0.494 e. The first kappa shape index (κ1) is 12.7. The van der Waals surface area contributed by atoms with E-state index in [-0.39, 0.29) is 5.60 Å². The molecule has 0 aliphatic heterocycles. The molecule has 0 radical (unpaired) electrons. The Hall–Kier alpha value is -1.77. The smallest absolute Gasteiger partial charge is 0.221 e. The summed E-state index contributed by atoms with van der Waals surface area (Å²) in [5.74, 6) is 1.54. The zero-order valence-electron chi connectivity index (χ0n) is 11.4. The molecule has 2 rings (SSSR count). The Kier molecular flexibility index (Phi) is 3.41. The van der Waals surface area contributed by atoms with Crippen LogP contribution in [0.5, 0.6) is 11.6 Å². The Morgan fingerprint density at radius 2 is 1.94 bits per heavy atom. The number of rotatable bonds is 3. The van der Waals surface area contributed by atoms with Gasteiger partial charge in [0.1, 0.15) is 11.4 Å². The van der Waals surface area contributed by atoms with Crippen molar-refractivity contribution in [3.63, 3.8) is 0 Å². The monoisotopic (exact) mass is 245 g/mol. The first-order valence-corrected chi connectivity index (χ1v) is 6.20. The number of pyridine rings is 1. The lowest BCUT2D eigenvalue weighted by Gasteiger charge is -2.21. The van der Waals surface area contributed by atoms with E-state index in [4.69, 9.17) is 9.47 Å². The minimum Gasteiger partial charge on any atom is -0.494 e. The van der Waals surface area contributed by atoms with Gasteiger partial charge < -0.3 is 9.47 Å². The van der Waals surface area contributed by atoms with Gasteiger partial charge in [-0.25, -0.2) is 4.98 Å². The van der Waals surface area contributed by atoms with E-state index in [1.807, 2.05) is 52.0 Å². The molecule has 0 saturated heterocycles. The fourth-order valence-corrected chi connectivity index (χ4v) is 1.76. The van der Waals surface area contributed by atoms with Crippen molar-refractivity contribution < 1.29 is 9.47 Å². The molecule has 0 unspecified atom stereocenters. The van der Waals surface area contributed by atoms with Crippen molar-refractivity contribution in [2.24, 2.45) is 0 Å². The summed E-state index contributed by atoms with van der Waals surface area (Å²) in [6.45, 7) is 8.69. The van der Waals surface area contributed by atoms with Gasteiger partial charge in [-0.2, -0.15) is 0 Å². The van der Waals surface area contributed by atoms with Crippen LogP contribution in [-0.4, -0.2) is 17.2 Å². The van der Waals surface area contributed by atoms with Gasteiger partial charge in [0.05, 0.1) is 6.61 Å². The first-order chi connectivity index (χ1) is 8.49. The summed E-state index contributed by atoms with van der Waals surface area (Å²) in [6, 6.07) is 7.92. The maximum absolute atomic E-state index is 5.86. The van der Waals surface area contributed by atoms with Crippen LogP contribution >= 0.6 is 0 Å². The molecule has 0 amide bonds. The lowest BCUT2D eigenvalue weighted by Crippen LogP contribution is -2.23. The summed E-state index contributed by atoms with van der Waals surface area (Å²) in [6.07, 6.45) is 1.76. The van der Waals surface area contributed by atoms with Crippen LogP contribution in [0.2, 0.25) is 0 Å². The van der Waals surface area contributed by atoms with E-state index in [0.29, 0.717) is 12.5 Å². The Labute approximate surface area is 108 Å². The average molecular weight is 245 g/mol. The van der Waals surface area contributed by atoms with Gasteiger partial charge in [-0.3, -0.25) is 0 Å². The zero-order valence-corrected chi connectivity index (χ0v) is 11.4. The van der Waals surface area contributed by atoms with Crippen LogP contribution in [0.1, 0.15) is 27.7 Å². The van der Waals surface area contributed by atoms with Crippen molar-refractivity contribution in [3.05, 3.63) is 30.5 Å². The number of benzene rings is 1. The summed E-state index contributed by atoms with van der Waals surface area (Å²) >= 11 is 0. The topological polar surface area (TPSA) is 31.4 Å². The van der Waals surface area contributed by atoms with E-state index < -0.39 is 0 Å². The second-order valence-electron chi connectivity index (χ2n) is 5.15. The van der Waals surface area contributed by atoms with Gasteiger partial charge in [-0.1, -0.05) is 0 Å². The highest BCUT2D eigenvalue weighted by Gasteiger charge is 2.14. The fourth-order valence-electron chi connectivity index (χ4n) is 1.76. The third kappa shape index (κ3) is 2.92. The lowest BCUT2D eigenvalue weighted by atomic mass is 10.1. The predicted molar refractivity (Wildman–Crippen MR) is 73.3 cm³/mol. The molecule has 1 aromatic heterocycles. The number of nitrogens with zero attached hydrogens (tertiary/aromatic N) is 1. The van der Waals surface area contributed by atoms with Crippen LogP contribution in [-0.2, 0) is 0 Å². The van der Waals surface area contributed by atoms with E-state index in [0.717, 1.165) is 16.5 Å². The van der Waals surface area contributed by atoms with Crippen LogP contribution in [0.25, 0.3) is 10.8 Å². The van der Waals surface area contributed by atoms with Crippen molar-refractivity contribution in [2.45, 2.75) is 33.3 Å². The molecule has 1 heterocycles. The van der Waals surface area contributed by atoms with Gasteiger partial charge in [0.25, 0.3) is 0 Å². The molecule has 0 saturated carbocycles. The number of aromatic nitrogens is 1. The molecule has 0 fully saturated rings. The van der Waals surface area contributed by atoms with Gasteiger partial charge in [0, 0.05) is 11.6 Å². The molecule has 18 heavy (non-hydrogen) atoms. The molecule has 0 N–H and O–H groups in total.